The number of rotatable bonds is 6. The van der Waals surface area contributed by atoms with Gasteiger partial charge in [-0.2, -0.15) is 0 Å². The lowest BCUT2D eigenvalue weighted by atomic mass is 9.93. The Labute approximate surface area is 212 Å². The molecule has 4 heteroatoms. The third-order valence-corrected chi connectivity index (χ3v) is 6.62. The van der Waals surface area contributed by atoms with E-state index in [2.05, 4.69) is 133 Å². The van der Waals surface area contributed by atoms with E-state index in [9.17, 15) is 0 Å². The maximum absolute atomic E-state index is 5.13. The van der Waals surface area contributed by atoms with E-state index in [0.717, 1.165) is 23.0 Å². The fourth-order valence-corrected chi connectivity index (χ4v) is 4.46. The van der Waals surface area contributed by atoms with Crippen molar-refractivity contribution in [2.75, 3.05) is 0 Å². The summed E-state index contributed by atoms with van der Waals surface area (Å²) in [5, 5.41) is 0. The van der Waals surface area contributed by atoms with Crippen LogP contribution in [0.3, 0.4) is 0 Å². The van der Waals surface area contributed by atoms with Crippen molar-refractivity contribution in [3.63, 3.8) is 0 Å². The maximum atomic E-state index is 5.13. The second-order valence-corrected chi connectivity index (χ2v) is 10.7. The monoisotopic (exact) mass is 471 g/mol. The van der Waals surface area contributed by atoms with E-state index in [1.807, 2.05) is 0 Å². The Morgan fingerprint density at radius 1 is 0.657 bits per heavy atom. The highest BCUT2D eigenvalue weighted by Gasteiger charge is 2.19. The Bertz CT molecular complexity index is 1080. The summed E-state index contributed by atoms with van der Waals surface area (Å²) >= 11 is 0. The van der Waals surface area contributed by atoms with Crippen LogP contribution < -0.4 is 4.57 Å². The fraction of sp³-hybridized carbons (Fsp3) is 0.452. The fourth-order valence-electron chi connectivity index (χ4n) is 4.46. The highest BCUT2D eigenvalue weighted by atomic mass is 15.2. The number of para-hydroxylation sites is 2. The molecular formula is C31H43N4+. The third-order valence-electron chi connectivity index (χ3n) is 6.62. The second-order valence-electron chi connectivity index (χ2n) is 10.7. The molecule has 0 saturated carbocycles. The Kier molecular flexibility index (Phi) is 8.47. The number of hydrogen-bond donors (Lipinski definition) is 0. The predicted molar refractivity (Wildman–Crippen MR) is 150 cm³/mol. The first kappa shape index (κ1) is 26.6. The number of benzene rings is 2. The maximum Gasteiger partial charge on any atom is 0.240 e. The van der Waals surface area contributed by atoms with Crippen molar-refractivity contribution in [2.24, 2.45) is 9.98 Å². The third kappa shape index (κ3) is 5.98. The Morgan fingerprint density at radius 2 is 1.06 bits per heavy atom. The Hall–Kier alpha value is -3.01. The van der Waals surface area contributed by atoms with Gasteiger partial charge in [-0.05, 0) is 45.9 Å². The lowest BCUT2D eigenvalue weighted by Gasteiger charge is -2.16. The van der Waals surface area contributed by atoms with Crippen LogP contribution in [0, 0.1) is 0 Å². The minimum Gasteiger partial charge on any atom is -0.224 e. The zero-order valence-electron chi connectivity index (χ0n) is 23.3. The van der Waals surface area contributed by atoms with Crippen molar-refractivity contribution >= 4 is 23.0 Å². The molecule has 1 aromatic heterocycles. The molecule has 0 saturated heterocycles. The smallest absolute Gasteiger partial charge is 0.224 e. The van der Waals surface area contributed by atoms with Crippen LogP contribution in [-0.4, -0.2) is 16.2 Å². The van der Waals surface area contributed by atoms with Gasteiger partial charge in [0.1, 0.15) is 18.1 Å². The summed E-state index contributed by atoms with van der Waals surface area (Å²) in [6, 6.07) is 13.1. The SMILES string of the molecule is CC(=Nc1c(C(C)C)cccc1C(C)C)n1cc[n+](C(C)=Nc2c(C(C)C)cccc2C(C)C)c1. The minimum absolute atomic E-state index is 0.417. The van der Waals surface area contributed by atoms with E-state index < -0.39 is 0 Å². The van der Waals surface area contributed by atoms with Gasteiger partial charge < -0.3 is 0 Å². The van der Waals surface area contributed by atoms with Crippen molar-refractivity contribution in [2.45, 2.75) is 92.9 Å². The molecule has 0 N–H and O–H groups in total. The molecule has 0 fully saturated rings. The quantitative estimate of drug-likeness (QED) is 0.196. The first-order valence-corrected chi connectivity index (χ1v) is 13.0. The molecule has 35 heavy (non-hydrogen) atoms. The zero-order chi connectivity index (χ0) is 25.9. The number of imidazole rings is 1. The molecule has 1 heterocycles. The van der Waals surface area contributed by atoms with Gasteiger partial charge in [0.05, 0.1) is 5.69 Å². The first-order chi connectivity index (χ1) is 16.5. The van der Waals surface area contributed by atoms with Gasteiger partial charge in [-0.3, -0.25) is 0 Å². The summed E-state index contributed by atoms with van der Waals surface area (Å²) < 4.78 is 4.16. The lowest BCUT2D eigenvalue weighted by molar-refractivity contribution is -0.555. The molecule has 2 aromatic carbocycles. The van der Waals surface area contributed by atoms with Crippen molar-refractivity contribution in [1.29, 1.82) is 0 Å². The van der Waals surface area contributed by atoms with Gasteiger partial charge in [0.25, 0.3) is 0 Å². The molecule has 0 aliphatic carbocycles. The number of hydrogen-bond acceptors (Lipinski definition) is 2. The average Bonchev–Trinajstić information content (AvgIpc) is 3.29. The van der Waals surface area contributed by atoms with Crippen molar-refractivity contribution in [3.05, 3.63) is 77.4 Å². The van der Waals surface area contributed by atoms with Crippen LogP contribution in [0.1, 0.15) is 115 Å². The molecule has 186 valence electrons. The largest absolute Gasteiger partial charge is 0.240 e. The Morgan fingerprint density at radius 3 is 1.46 bits per heavy atom. The summed E-state index contributed by atoms with van der Waals surface area (Å²) in [7, 11) is 0. The molecule has 0 amide bonds. The van der Waals surface area contributed by atoms with E-state index in [1.165, 1.54) is 22.3 Å². The number of aromatic nitrogens is 2. The summed E-state index contributed by atoms with van der Waals surface area (Å²) in [6.45, 7) is 22.0. The van der Waals surface area contributed by atoms with Gasteiger partial charge in [-0.15, -0.1) is 4.99 Å². The van der Waals surface area contributed by atoms with E-state index in [-0.39, 0.29) is 0 Å². The molecular weight excluding hydrogens is 428 g/mol. The molecule has 3 rings (SSSR count). The van der Waals surface area contributed by atoms with Gasteiger partial charge in [0.15, 0.2) is 5.84 Å². The van der Waals surface area contributed by atoms with E-state index in [1.54, 1.807) is 0 Å². The van der Waals surface area contributed by atoms with Crippen LogP contribution in [0.4, 0.5) is 11.4 Å². The van der Waals surface area contributed by atoms with E-state index >= 15 is 0 Å². The number of aliphatic imine (C=N–C) groups is 2. The second kappa shape index (κ2) is 11.2. The van der Waals surface area contributed by atoms with Gasteiger partial charge in [0, 0.05) is 13.8 Å². The van der Waals surface area contributed by atoms with Crippen molar-refractivity contribution < 1.29 is 4.57 Å². The van der Waals surface area contributed by atoms with Gasteiger partial charge in [-0.1, -0.05) is 91.8 Å². The van der Waals surface area contributed by atoms with Crippen molar-refractivity contribution in [3.8, 4) is 0 Å². The molecule has 0 atom stereocenters. The zero-order valence-corrected chi connectivity index (χ0v) is 23.3. The van der Waals surface area contributed by atoms with Gasteiger partial charge in [-0.25, -0.2) is 14.1 Å². The summed E-state index contributed by atoms with van der Waals surface area (Å²) in [5.41, 5.74) is 7.38. The van der Waals surface area contributed by atoms with E-state index in [0.29, 0.717) is 23.7 Å². The molecule has 0 aliphatic rings. The van der Waals surface area contributed by atoms with Crippen LogP contribution in [0.25, 0.3) is 0 Å². The first-order valence-electron chi connectivity index (χ1n) is 13.0. The summed E-state index contributed by atoms with van der Waals surface area (Å²) in [4.78, 5) is 10.3. The molecule has 0 bridgehead atoms. The standard InChI is InChI=1S/C31H43N4/c1-20(2)26-13-11-14-27(21(3)4)30(26)32-24(9)34-17-18-35(19-34)25(10)33-31-28(22(5)6)15-12-16-29(31)23(7)8/h11-23H,1-10H3/q+1. The lowest BCUT2D eigenvalue weighted by Crippen LogP contribution is -2.39. The number of nitrogens with zero attached hydrogens (tertiary/aromatic N) is 4. The van der Waals surface area contributed by atoms with Crippen LogP contribution >= 0.6 is 0 Å². The highest BCUT2D eigenvalue weighted by Crippen LogP contribution is 2.36. The molecule has 3 aromatic rings. The average molecular weight is 472 g/mol. The van der Waals surface area contributed by atoms with E-state index in [4.69, 9.17) is 9.98 Å². The molecule has 0 spiro atoms. The molecule has 0 aliphatic heterocycles. The summed E-state index contributed by atoms with van der Waals surface area (Å²) in [6.07, 6.45) is 6.18. The van der Waals surface area contributed by atoms with Crippen LogP contribution in [0.2, 0.25) is 0 Å². The van der Waals surface area contributed by atoms with Gasteiger partial charge in [0.2, 0.25) is 12.2 Å². The van der Waals surface area contributed by atoms with Crippen LogP contribution in [0.15, 0.2) is 65.1 Å². The molecule has 4 nitrogen and oxygen atoms in total. The molecule has 0 radical (unpaired) electrons. The topological polar surface area (TPSA) is 33.5 Å². The molecule has 0 unspecified atom stereocenters. The van der Waals surface area contributed by atoms with Gasteiger partial charge >= 0.3 is 0 Å². The minimum atomic E-state index is 0.417. The summed E-state index contributed by atoms with van der Waals surface area (Å²) in [5.74, 6) is 3.55. The van der Waals surface area contributed by atoms with Crippen molar-refractivity contribution in [1.82, 2.24) is 4.57 Å². The predicted octanol–water partition coefficient (Wildman–Crippen LogP) is 8.47. The highest BCUT2D eigenvalue weighted by molar-refractivity contribution is 5.85. The normalized spacial score (nSPS) is 13.1. The van der Waals surface area contributed by atoms with Crippen LogP contribution in [-0.2, 0) is 0 Å². The Balaban J connectivity index is 2.03. The van der Waals surface area contributed by atoms with Crippen LogP contribution in [0.5, 0.6) is 0 Å².